The molecule has 1 aliphatic rings. The first-order valence-corrected chi connectivity index (χ1v) is 13.9. The number of carbonyl (C=O) groups excluding carboxylic acids is 1. The predicted molar refractivity (Wildman–Crippen MR) is 141 cm³/mol. The molecule has 1 amide bonds. The van der Waals surface area contributed by atoms with Gasteiger partial charge >= 0.3 is 0 Å². The summed E-state index contributed by atoms with van der Waals surface area (Å²) in [6.07, 6.45) is 5.28. The number of hydrogen-bond acceptors (Lipinski definition) is 3. The number of anilines is 1. The molecule has 3 aromatic rings. The topological polar surface area (TPSA) is 66.5 Å². The summed E-state index contributed by atoms with van der Waals surface area (Å²) >= 11 is 5.96. The van der Waals surface area contributed by atoms with Crippen LogP contribution in [0.1, 0.15) is 54.5 Å². The number of halogens is 1. The van der Waals surface area contributed by atoms with Crippen LogP contribution in [0, 0.1) is 6.92 Å². The third kappa shape index (κ3) is 5.88. The number of benzene rings is 3. The quantitative estimate of drug-likeness (QED) is 0.404. The Morgan fingerprint density at radius 2 is 1.63 bits per heavy atom. The molecule has 1 aliphatic carbocycles. The third-order valence-corrected chi connectivity index (χ3v) is 8.57. The van der Waals surface area contributed by atoms with E-state index in [1.165, 1.54) is 48.2 Å². The highest BCUT2D eigenvalue weighted by molar-refractivity contribution is 7.92. The zero-order valence-electron chi connectivity index (χ0n) is 20.1. The maximum Gasteiger partial charge on any atom is 0.264 e. The zero-order valence-corrected chi connectivity index (χ0v) is 21.7. The summed E-state index contributed by atoms with van der Waals surface area (Å²) in [6.45, 7) is 3.63. The SMILES string of the molecule is CC[C@H](NC(=O)CN(c1ccc(C)cc1)S(=O)(=O)c1ccc(Cl)cc1)c1ccc2c(c1)CCCC2. The number of carbonyl (C=O) groups is 1. The van der Waals surface area contributed by atoms with Gasteiger partial charge in [0.1, 0.15) is 6.54 Å². The molecule has 0 bridgehead atoms. The van der Waals surface area contributed by atoms with Crippen molar-refractivity contribution in [1.29, 1.82) is 0 Å². The van der Waals surface area contributed by atoms with Crippen LogP contribution in [0.4, 0.5) is 5.69 Å². The molecule has 3 aromatic carbocycles. The number of rotatable bonds is 8. The van der Waals surface area contributed by atoms with Crippen molar-refractivity contribution in [2.45, 2.75) is 56.9 Å². The van der Waals surface area contributed by atoms with Crippen LogP contribution in [0.3, 0.4) is 0 Å². The highest BCUT2D eigenvalue weighted by atomic mass is 35.5. The van der Waals surface area contributed by atoms with Crippen LogP contribution in [-0.4, -0.2) is 20.9 Å². The molecule has 5 nitrogen and oxygen atoms in total. The first kappa shape index (κ1) is 25.3. The summed E-state index contributed by atoms with van der Waals surface area (Å²) < 4.78 is 28.3. The fourth-order valence-corrected chi connectivity index (χ4v) is 6.07. The van der Waals surface area contributed by atoms with Crippen molar-refractivity contribution >= 4 is 33.2 Å². The van der Waals surface area contributed by atoms with Gasteiger partial charge in [0.2, 0.25) is 5.91 Å². The standard InChI is InChI=1S/C28H31ClN2O3S/c1-3-27(23-11-10-21-6-4-5-7-22(21)18-23)30-28(32)19-31(25-14-8-20(2)9-15-25)35(33,34)26-16-12-24(29)13-17-26/h8-18,27H,3-7,19H2,1-2H3,(H,30,32)/t27-/m0/s1. The van der Waals surface area contributed by atoms with E-state index in [9.17, 15) is 13.2 Å². The smallest absolute Gasteiger partial charge is 0.264 e. The van der Waals surface area contributed by atoms with Crippen LogP contribution in [0.2, 0.25) is 5.02 Å². The molecule has 0 aromatic heterocycles. The minimum atomic E-state index is -3.98. The van der Waals surface area contributed by atoms with Gasteiger partial charge in [-0.25, -0.2) is 8.42 Å². The van der Waals surface area contributed by atoms with Gasteiger partial charge in [-0.1, -0.05) is 54.4 Å². The van der Waals surface area contributed by atoms with E-state index in [0.717, 1.165) is 28.3 Å². The molecule has 1 N–H and O–H groups in total. The van der Waals surface area contributed by atoms with Gasteiger partial charge in [0, 0.05) is 5.02 Å². The van der Waals surface area contributed by atoms with Crippen LogP contribution in [-0.2, 0) is 27.7 Å². The molecule has 0 unspecified atom stereocenters. The minimum Gasteiger partial charge on any atom is -0.348 e. The summed E-state index contributed by atoms with van der Waals surface area (Å²) in [5.41, 5.74) is 5.24. The van der Waals surface area contributed by atoms with Gasteiger partial charge in [-0.15, -0.1) is 0 Å². The largest absolute Gasteiger partial charge is 0.348 e. The van der Waals surface area contributed by atoms with Crippen molar-refractivity contribution < 1.29 is 13.2 Å². The van der Waals surface area contributed by atoms with Crippen LogP contribution in [0.25, 0.3) is 0 Å². The zero-order chi connectivity index (χ0) is 25.0. The molecule has 0 saturated heterocycles. The highest BCUT2D eigenvalue weighted by Gasteiger charge is 2.28. The summed E-state index contributed by atoms with van der Waals surface area (Å²) in [5, 5.41) is 3.51. The fourth-order valence-electron chi connectivity index (χ4n) is 4.52. The average Bonchev–Trinajstić information content (AvgIpc) is 2.86. The second-order valence-corrected chi connectivity index (χ2v) is 11.4. The molecule has 0 fully saturated rings. The predicted octanol–water partition coefficient (Wildman–Crippen LogP) is 5.99. The van der Waals surface area contributed by atoms with E-state index in [0.29, 0.717) is 17.1 Å². The monoisotopic (exact) mass is 510 g/mol. The van der Waals surface area contributed by atoms with Crippen molar-refractivity contribution in [2.24, 2.45) is 0 Å². The average molecular weight is 511 g/mol. The molecule has 0 radical (unpaired) electrons. The molecule has 1 atom stereocenters. The fraction of sp³-hybridized carbons (Fsp3) is 0.321. The highest BCUT2D eigenvalue weighted by Crippen LogP contribution is 2.27. The van der Waals surface area contributed by atoms with Gasteiger partial charge < -0.3 is 5.32 Å². The number of nitrogens with zero attached hydrogens (tertiary/aromatic N) is 1. The Balaban J connectivity index is 1.59. The van der Waals surface area contributed by atoms with E-state index in [1.807, 2.05) is 26.0 Å². The van der Waals surface area contributed by atoms with Crippen molar-refractivity contribution in [1.82, 2.24) is 5.32 Å². The molecular formula is C28H31ClN2O3S. The van der Waals surface area contributed by atoms with Crippen molar-refractivity contribution in [3.8, 4) is 0 Å². The first-order chi connectivity index (χ1) is 16.8. The Labute approximate surface area is 213 Å². The first-order valence-electron chi connectivity index (χ1n) is 12.0. The van der Waals surface area contributed by atoms with E-state index in [-0.39, 0.29) is 23.4 Å². The summed E-state index contributed by atoms with van der Waals surface area (Å²) in [6, 6.07) is 19.3. The van der Waals surface area contributed by atoms with Crippen LogP contribution in [0.15, 0.2) is 71.6 Å². The second-order valence-electron chi connectivity index (χ2n) is 9.06. The molecule has 4 rings (SSSR count). The maximum atomic E-state index is 13.6. The normalized spacial score (nSPS) is 14.1. The second kappa shape index (κ2) is 10.8. The number of hydrogen-bond donors (Lipinski definition) is 1. The molecule has 35 heavy (non-hydrogen) atoms. The lowest BCUT2D eigenvalue weighted by Crippen LogP contribution is -2.42. The van der Waals surface area contributed by atoms with Gasteiger partial charge in [0.05, 0.1) is 16.6 Å². The Morgan fingerprint density at radius 1 is 0.971 bits per heavy atom. The van der Waals surface area contributed by atoms with Crippen molar-refractivity contribution in [3.05, 3.63) is 94.0 Å². The maximum absolute atomic E-state index is 13.6. The lowest BCUT2D eigenvalue weighted by molar-refractivity contribution is -0.120. The van der Waals surface area contributed by atoms with Gasteiger partial charge in [-0.05, 0) is 92.1 Å². The summed E-state index contributed by atoms with van der Waals surface area (Å²) in [7, 11) is -3.98. The molecule has 0 heterocycles. The summed E-state index contributed by atoms with van der Waals surface area (Å²) in [4.78, 5) is 13.3. The van der Waals surface area contributed by atoms with E-state index >= 15 is 0 Å². The number of fused-ring (bicyclic) bond motifs is 1. The Hall–Kier alpha value is -2.83. The van der Waals surface area contributed by atoms with Crippen molar-refractivity contribution in [2.75, 3.05) is 10.8 Å². The summed E-state index contributed by atoms with van der Waals surface area (Å²) in [5.74, 6) is -0.354. The van der Waals surface area contributed by atoms with Gasteiger partial charge in [-0.2, -0.15) is 0 Å². The van der Waals surface area contributed by atoms with Gasteiger partial charge in [0.25, 0.3) is 10.0 Å². The molecular weight excluding hydrogens is 480 g/mol. The number of nitrogens with one attached hydrogen (secondary N) is 1. The molecule has 7 heteroatoms. The van der Waals surface area contributed by atoms with E-state index in [4.69, 9.17) is 11.6 Å². The number of sulfonamides is 1. The van der Waals surface area contributed by atoms with Gasteiger partial charge in [0.15, 0.2) is 0 Å². The molecule has 0 spiro atoms. The third-order valence-electron chi connectivity index (χ3n) is 6.53. The number of amides is 1. The molecule has 184 valence electrons. The number of aryl methyl sites for hydroxylation is 3. The Bertz CT molecular complexity index is 1290. The lowest BCUT2D eigenvalue weighted by atomic mass is 9.89. The van der Waals surface area contributed by atoms with Crippen LogP contribution < -0.4 is 9.62 Å². The lowest BCUT2D eigenvalue weighted by Gasteiger charge is -2.26. The Morgan fingerprint density at radius 3 is 2.29 bits per heavy atom. The van der Waals surface area contributed by atoms with Crippen molar-refractivity contribution in [3.63, 3.8) is 0 Å². The van der Waals surface area contributed by atoms with Crippen LogP contribution in [0.5, 0.6) is 0 Å². The van der Waals surface area contributed by atoms with E-state index < -0.39 is 10.0 Å². The Kier molecular flexibility index (Phi) is 7.82. The van der Waals surface area contributed by atoms with E-state index in [1.54, 1.807) is 12.1 Å². The minimum absolute atomic E-state index is 0.0806. The molecule has 0 saturated carbocycles. The van der Waals surface area contributed by atoms with Crippen LogP contribution >= 0.6 is 11.6 Å². The van der Waals surface area contributed by atoms with E-state index in [2.05, 4.69) is 23.5 Å². The molecule has 0 aliphatic heterocycles. The van der Waals surface area contributed by atoms with Gasteiger partial charge in [-0.3, -0.25) is 9.10 Å².